The highest BCUT2D eigenvalue weighted by molar-refractivity contribution is 5.93. The molecule has 0 fully saturated rings. The molecule has 0 saturated heterocycles. The Morgan fingerprint density at radius 1 is 1.06 bits per heavy atom. The summed E-state index contributed by atoms with van der Waals surface area (Å²) in [6.45, 7) is 4.26. The molecule has 0 unspecified atom stereocenters. The molecule has 168 valence electrons. The number of nitrogens with one attached hydrogen (secondary N) is 2. The minimum Gasteiger partial charge on any atom is -0.497 e. The minimum atomic E-state index is -0.379. The van der Waals surface area contributed by atoms with E-state index in [2.05, 4.69) is 15.8 Å². The van der Waals surface area contributed by atoms with Gasteiger partial charge in [-0.1, -0.05) is 31.1 Å². The molecule has 0 saturated carbocycles. The van der Waals surface area contributed by atoms with Crippen LogP contribution >= 0.6 is 0 Å². The molecule has 2 amide bonds. The number of hydrogen-bond acceptors (Lipinski definition) is 6. The molecule has 3 rings (SSSR count). The summed E-state index contributed by atoms with van der Waals surface area (Å²) in [5.74, 6) is 1.46. The molecular formula is C24H27N3O5. The summed E-state index contributed by atoms with van der Waals surface area (Å²) >= 11 is 0. The Labute approximate surface area is 186 Å². The van der Waals surface area contributed by atoms with E-state index >= 15 is 0 Å². The fourth-order valence-corrected chi connectivity index (χ4v) is 3.13. The highest BCUT2D eigenvalue weighted by Gasteiger charge is 2.17. The maximum Gasteiger partial charge on any atom is 0.273 e. The quantitative estimate of drug-likeness (QED) is 0.518. The number of anilines is 1. The van der Waals surface area contributed by atoms with Gasteiger partial charge in [0, 0.05) is 24.7 Å². The van der Waals surface area contributed by atoms with Crippen LogP contribution in [0.4, 0.5) is 5.69 Å². The van der Waals surface area contributed by atoms with E-state index in [1.54, 1.807) is 38.5 Å². The Kier molecular flexibility index (Phi) is 7.49. The van der Waals surface area contributed by atoms with Gasteiger partial charge in [-0.05, 0) is 41.8 Å². The van der Waals surface area contributed by atoms with E-state index in [1.165, 1.54) is 0 Å². The van der Waals surface area contributed by atoms with Crippen molar-refractivity contribution in [2.75, 3.05) is 19.5 Å². The lowest BCUT2D eigenvalue weighted by molar-refractivity contribution is -0.116. The first-order chi connectivity index (χ1) is 15.4. The number of carbonyl (C=O) groups is 2. The lowest BCUT2D eigenvalue weighted by atomic mass is 10.1. The first kappa shape index (κ1) is 22.9. The van der Waals surface area contributed by atoms with Crippen LogP contribution in [0.1, 0.15) is 36.3 Å². The van der Waals surface area contributed by atoms with E-state index in [0.717, 1.165) is 5.56 Å². The van der Waals surface area contributed by atoms with E-state index in [-0.39, 0.29) is 30.0 Å². The second-order valence-electron chi connectivity index (χ2n) is 7.67. The van der Waals surface area contributed by atoms with Gasteiger partial charge in [0.1, 0.15) is 11.5 Å². The predicted octanol–water partition coefficient (Wildman–Crippen LogP) is 4.27. The number of aromatic nitrogens is 1. The number of rotatable bonds is 9. The number of methoxy groups -OCH3 is 2. The number of benzene rings is 2. The first-order valence-corrected chi connectivity index (χ1v) is 10.3. The molecule has 2 N–H and O–H groups in total. The van der Waals surface area contributed by atoms with Gasteiger partial charge < -0.3 is 24.6 Å². The van der Waals surface area contributed by atoms with Crippen LogP contribution in [0.2, 0.25) is 0 Å². The number of hydrogen-bond donors (Lipinski definition) is 2. The molecule has 0 aliphatic heterocycles. The Balaban J connectivity index is 1.65. The van der Waals surface area contributed by atoms with E-state index in [4.69, 9.17) is 14.0 Å². The number of nitrogens with zero attached hydrogens (tertiary/aromatic N) is 1. The van der Waals surface area contributed by atoms with Crippen molar-refractivity contribution >= 4 is 17.5 Å². The van der Waals surface area contributed by atoms with Crippen LogP contribution in [0.3, 0.4) is 0 Å². The van der Waals surface area contributed by atoms with Crippen molar-refractivity contribution in [1.29, 1.82) is 0 Å². The molecular weight excluding hydrogens is 410 g/mol. The Morgan fingerprint density at radius 3 is 2.59 bits per heavy atom. The van der Waals surface area contributed by atoms with Gasteiger partial charge in [0.15, 0.2) is 11.5 Å². The van der Waals surface area contributed by atoms with Gasteiger partial charge in [0.2, 0.25) is 5.91 Å². The van der Waals surface area contributed by atoms with Crippen molar-refractivity contribution in [1.82, 2.24) is 10.5 Å². The Hall–Kier alpha value is -3.81. The molecule has 8 heteroatoms. The van der Waals surface area contributed by atoms with Gasteiger partial charge >= 0.3 is 0 Å². The molecule has 0 bridgehead atoms. The van der Waals surface area contributed by atoms with E-state index in [1.807, 2.05) is 38.1 Å². The molecule has 0 aliphatic carbocycles. The van der Waals surface area contributed by atoms with Crippen LogP contribution in [0.15, 0.2) is 53.1 Å². The van der Waals surface area contributed by atoms with Gasteiger partial charge in [0.25, 0.3) is 5.91 Å². The summed E-state index contributed by atoms with van der Waals surface area (Å²) in [6, 6.07) is 14.2. The molecule has 0 spiro atoms. The highest BCUT2D eigenvalue weighted by Crippen LogP contribution is 2.33. The molecule has 1 aromatic heterocycles. The minimum absolute atomic E-state index is 0.0377. The average molecular weight is 437 g/mol. The maximum atomic E-state index is 12.6. The fraction of sp³-hybridized carbons (Fsp3) is 0.292. The van der Waals surface area contributed by atoms with Crippen LogP contribution in [-0.4, -0.2) is 31.2 Å². The lowest BCUT2D eigenvalue weighted by Gasteiger charge is -2.09. The number of carbonyl (C=O) groups excluding carboxylic acids is 2. The second kappa shape index (κ2) is 10.5. The van der Waals surface area contributed by atoms with Crippen LogP contribution < -0.4 is 20.1 Å². The van der Waals surface area contributed by atoms with Gasteiger partial charge in [-0.3, -0.25) is 9.59 Å². The van der Waals surface area contributed by atoms with E-state index < -0.39 is 0 Å². The normalized spacial score (nSPS) is 10.7. The maximum absolute atomic E-state index is 12.6. The molecule has 0 aliphatic rings. The molecule has 0 radical (unpaired) electrons. The third-order valence-corrected chi connectivity index (χ3v) is 4.67. The zero-order valence-electron chi connectivity index (χ0n) is 18.6. The molecule has 8 nitrogen and oxygen atoms in total. The highest BCUT2D eigenvalue weighted by atomic mass is 16.5. The summed E-state index contributed by atoms with van der Waals surface area (Å²) in [5, 5.41) is 9.57. The molecule has 3 aromatic rings. The van der Waals surface area contributed by atoms with Crippen molar-refractivity contribution in [2.24, 2.45) is 5.92 Å². The summed E-state index contributed by atoms with van der Waals surface area (Å²) in [7, 11) is 3.12. The monoisotopic (exact) mass is 437 g/mol. The molecule has 2 aromatic carbocycles. The van der Waals surface area contributed by atoms with Crippen molar-refractivity contribution in [2.45, 2.75) is 26.8 Å². The number of ether oxygens (including phenoxy) is 2. The van der Waals surface area contributed by atoms with Crippen molar-refractivity contribution in [3.05, 3.63) is 59.8 Å². The van der Waals surface area contributed by atoms with E-state index in [0.29, 0.717) is 34.9 Å². The van der Waals surface area contributed by atoms with Crippen molar-refractivity contribution in [3.63, 3.8) is 0 Å². The summed E-state index contributed by atoms with van der Waals surface area (Å²) < 4.78 is 16.0. The topological polar surface area (TPSA) is 103 Å². The van der Waals surface area contributed by atoms with Crippen LogP contribution in [-0.2, 0) is 11.3 Å². The zero-order chi connectivity index (χ0) is 23.1. The predicted molar refractivity (Wildman–Crippen MR) is 121 cm³/mol. The van der Waals surface area contributed by atoms with Crippen LogP contribution in [0.5, 0.6) is 11.5 Å². The summed E-state index contributed by atoms with van der Waals surface area (Å²) in [4.78, 5) is 24.5. The van der Waals surface area contributed by atoms with E-state index in [9.17, 15) is 9.59 Å². The van der Waals surface area contributed by atoms with Gasteiger partial charge in [-0.25, -0.2) is 0 Å². The largest absolute Gasteiger partial charge is 0.497 e. The SMILES string of the molecule is COc1ccc(OC)c(-c2cc(C(=O)NCc3cccc(NC(=O)CC(C)C)c3)no2)c1. The first-order valence-electron chi connectivity index (χ1n) is 10.3. The van der Waals surface area contributed by atoms with Crippen LogP contribution in [0.25, 0.3) is 11.3 Å². The number of amides is 2. The average Bonchev–Trinajstić information content (AvgIpc) is 3.27. The smallest absolute Gasteiger partial charge is 0.273 e. The molecule has 32 heavy (non-hydrogen) atoms. The fourth-order valence-electron chi connectivity index (χ4n) is 3.13. The third kappa shape index (κ3) is 5.87. The standard InChI is InChI=1S/C24H27N3O5/c1-15(2)10-23(28)26-17-7-5-6-16(11-17)14-25-24(29)20-13-22(32-27-20)19-12-18(30-3)8-9-21(19)31-4/h5-9,11-13,15H,10,14H2,1-4H3,(H,25,29)(H,26,28). The molecule has 0 atom stereocenters. The Morgan fingerprint density at radius 2 is 1.88 bits per heavy atom. The summed E-state index contributed by atoms with van der Waals surface area (Å²) in [5.41, 5.74) is 2.31. The van der Waals surface area contributed by atoms with Crippen molar-refractivity contribution < 1.29 is 23.6 Å². The second-order valence-corrected chi connectivity index (χ2v) is 7.67. The molecule has 1 heterocycles. The van der Waals surface area contributed by atoms with Crippen LogP contribution in [0, 0.1) is 5.92 Å². The van der Waals surface area contributed by atoms with Crippen molar-refractivity contribution in [3.8, 4) is 22.8 Å². The van der Waals surface area contributed by atoms with Gasteiger partial charge in [-0.15, -0.1) is 0 Å². The summed E-state index contributed by atoms with van der Waals surface area (Å²) in [6.07, 6.45) is 0.452. The van der Waals surface area contributed by atoms with Gasteiger partial charge in [0.05, 0.1) is 19.8 Å². The lowest BCUT2D eigenvalue weighted by Crippen LogP contribution is -2.23. The third-order valence-electron chi connectivity index (χ3n) is 4.67. The van der Waals surface area contributed by atoms with Gasteiger partial charge in [-0.2, -0.15) is 0 Å². The zero-order valence-corrected chi connectivity index (χ0v) is 18.6. The Bertz CT molecular complexity index is 1090.